The van der Waals surface area contributed by atoms with Crippen LogP contribution in [0, 0.1) is 0 Å². The Balaban J connectivity index is 2.11. The van der Waals surface area contributed by atoms with Crippen LogP contribution < -0.4 is 9.47 Å². The molecule has 0 radical (unpaired) electrons. The van der Waals surface area contributed by atoms with Crippen molar-refractivity contribution >= 4 is 17.9 Å². The van der Waals surface area contributed by atoms with Crippen LogP contribution in [0.1, 0.15) is 6.92 Å². The van der Waals surface area contributed by atoms with Gasteiger partial charge in [0, 0.05) is 12.3 Å². The van der Waals surface area contributed by atoms with Gasteiger partial charge in [0.15, 0.2) is 11.5 Å². The average Bonchev–Trinajstić information content (AvgIpc) is 2.87. The van der Waals surface area contributed by atoms with E-state index in [0.29, 0.717) is 23.4 Å². The van der Waals surface area contributed by atoms with Gasteiger partial charge in [-0.15, -0.1) is 0 Å². The predicted molar refractivity (Wildman–Crippen MR) is 68.1 cm³/mol. The minimum Gasteiger partial charge on any atom is -0.515 e. The van der Waals surface area contributed by atoms with Crippen LogP contribution in [-0.2, 0) is 9.53 Å². The van der Waals surface area contributed by atoms with Gasteiger partial charge < -0.3 is 19.3 Å². The Morgan fingerprint density at radius 1 is 1.47 bits per heavy atom. The maximum Gasteiger partial charge on any atom is 0.342 e. The highest BCUT2D eigenvalue weighted by atomic mass is 16.7. The van der Waals surface area contributed by atoms with Crippen molar-refractivity contribution < 1.29 is 24.1 Å². The first-order valence-corrected chi connectivity index (χ1v) is 5.70. The van der Waals surface area contributed by atoms with Crippen molar-refractivity contribution in [2.75, 3.05) is 13.4 Å². The Morgan fingerprint density at radius 3 is 3.00 bits per heavy atom. The quantitative estimate of drug-likeness (QED) is 0.389. The summed E-state index contributed by atoms with van der Waals surface area (Å²) in [6.07, 6.45) is 1.89. The van der Waals surface area contributed by atoms with Crippen LogP contribution in [-0.4, -0.2) is 30.7 Å². The molecule has 100 valence electrons. The summed E-state index contributed by atoms with van der Waals surface area (Å²) in [5.74, 6) is 0.622. The molecule has 0 fully saturated rings. The fourth-order valence-electron chi connectivity index (χ4n) is 1.46. The van der Waals surface area contributed by atoms with E-state index >= 15 is 0 Å². The first-order chi connectivity index (χ1) is 9.24. The van der Waals surface area contributed by atoms with E-state index in [4.69, 9.17) is 19.3 Å². The molecule has 0 saturated heterocycles. The number of hydrogen-bond acceptors (Lipinski definition) is 6. The second kappa shape index (κ2) is 5.90. The van der Waals surface area contributed by atoms with Gasteiger partial charge in [-0.2, -0.15) is 0 Å². The van der Waals surface area contributed by atoms with Gasteiger partial charge in [-0.1, -0.05) is 0 Å². The number of carbonyl (C=O) groups is 1. The van der Waals surface area contributed by atoms with Crippen molar-refractivity contribution in [1.82, 2.24) is 0 Å². The van der Waals surface area contributed by atoms with Crippen LogP contribution in [0.4, 0.5) is 5.69 Å². The third-order valence-electron chi connectivity index (χ3n) is 2.36. The molecule has 1 heterocycles. The summed E-state index contributed by atoms with van der Waals surface area (Å²) in [6.45, 7) is 2.10. The van der Waals surface area contributed by atoms with Crippen LogP contribution in [0.3, 0.4) is 0 Å². The van der Waals surface area contributed by atoms with Crippen molar-refractivity contribution in [2.45, 2.75) is 6.92 Å². The molecule has 0 aliphatic carbocycles. The van der Waals surface area contributed by atoms with Crippen molar-refractivity contribution in [1.29, 1.82) is 0 Å². The first kappa shape index (κ1) is 12.9. The van der Waals surface area contributed by atoms with Crippen LogP contribution in [0.25, 0.3) is 0 Å². The molecule has 1 aliphatic heterocycles. The first-order valence-electron chi connectivity index (χ1n) is 5.70. The smallest absolute Gasteiger partial charge is 0.342 e. The van der Waals surface area contributed by atoms with Gasteiger partial charge >= 0.3 is 5.97 Å². The van der Waals surface area contributed by atoms with Crippen molar-refractivity contribution in [2.24, 2.45) is 4.99 Å². The third-order valence-corrected chi connectivity index (χ3v) is 2.36. The highest BCUT2D eigenvalue weighted by molar-refractivity contribution is 6.09. The molecular formula is C13H13NO5. The second-order valence-electron chi connectivity index (χ2n) is 3.60. The lowest BCUT2D eigenvalue weighted by atomic mass is 10.2. The molecule has 0 bridgehead atoms. The Bertz CT molecular complexity index is 536. The van der Waals surface area contributed by atoms with E-state index in [9.17, 15) is 4.79 Å². The molecule has 6 heteroatoms. The number of hydrogen-bond donors (Lipinski definition) is 1. The van der Waals surface area contributed by atoms with E-state index in [2.05, 4.69) is 4.99 Å². The Kier molecular flexibility index (Phi) is 4.02. The van der Waals surface area contributed by atoms with Crippen LogP contribution in [0.5, 0.6) is 11.5 Å². The van der Waals surface area contributed by atoms with Gasteiger partial charge in [0.05, 0.1) is 18.6 Å². The van der Waals surface area contributed by atoms with Crippen molar-refractivity contribution in [3.8, 4) is 11.5 Å². The Labute approximate surface area is 109 Å². The molecule has 19 heavy (non-hydrogen) atoms. The number of esters is 1. The number of fused-ring (bicyclic) bond motifs is 1. The summed E-state index contributed by atoms with van der Waals surface area (Å²) in [4.78, 5) is 15.5. The molecule has 2 rings (SSSR count). The zero-order valence-corrected chi connectivity index (χ0v) is 10.3. The zero-order valence-electron chi connectivity index (χ0n) is 10.3. The summed E-state index contributed by atoms with van der Waals surface area (Å²) in [7, 11) is 0. The zero-order chi connectivity index (χ0) is 13.7. The minimum absolute atomic E-state index is 0.0282. The molecule has 6 nitrogen and oxygen atoms in total. The Morgan fingerprint density at radius 2 is 2.26 bits per heavy atom. The number of aliphatic hydroxyl groups excluding tert-OH is 1. The molecule has 1 aliphatic rings. The number of nitrogens with zero attached hydrogens (tertiary/aromatic N) is 1. The van der Waals surface area contributed by atoms with Crippen LogP contribution in [0.2, 0.25) is 0 Å². The van der Waals surface area contributed by atoms with Crippen LogP contribution in [0.15, 0.2) is 35.0 Å². The van der Waals surface area contributed by atoms with Gasteiger partial charge in [0.2, 0.25) is 6.79 Å². The van der Waals surface area contributed by atoms with Gasteiger partial charge in [-0.3, -0.25) is 4.99 Å². The summed E-state index contributed by atoms with van der Waals surface area (Å²) in [6, 6.07) is 5.12. The predicted octanol–water partition coefficient (Wildman–Crippen LogP) is 2.12. The highest BCUT2D eigenvalue weighted by Gasteiger charge is 2.13. The maximum atomic E-state index is 11.4. The van der Waals surface area contributed by atoms with Crippen molar-refractivity contribution in [3.05, 3.63) is 30.0 Å². The fraction of sp³-hybridized carbons (Fsp3) is 0.231. The number of aliphatic hydroxyl groups is 1. The normalized spacial score (nSPS) is 13.8. The van der Waals surface area contributed by atoms with Crippen molar-refractivity contribution in [3.63, 3.8) is 0 Å². The van der Waals surface area contributed by atoms with Gasteiger partial charge in [0.25, 0.3) is 0 Å². The number of rotatable bonds is 4. The van der Waals surface area contributed by atoms with Gasteiger partial charge in [0.1, 0.15) is 5.57 Å². The van der Waals surface area contributed by atoms with Gasteiger partial charge in [-0.05, 0) is 19.1 Å². The lowest BCUT2D eigenvalue weighted by Crippen LogP contribution is -2.08. The highest BCUT2D eigenvalue weighted by Crippen LogP contribution is 2.35. The molecular weight excluding hydrogens is 250 g/mol. The fourth-order valence-corrected chi connectivity index (χ4v) is 1.46. The minimum atomic E-state index is -0.630. The molecule has 1 aromatic rings. The standard InChI is InChI=1S/C13H13NO5/c1-2-17-13(16)9(7-15)6-14-10-3-4-11-12(5-10)19-8-18-11/h3-7,15H,2,8H2,1H3. The monoisotopic (exact) mass is 263 g/mol. The third kappa shape index (κ3) is 3.04. The summed E-state index contributed by atoms with van der Waals surface area (Å²) in [5.41, 5.74) is 0.549. The molecule has 0 unspecified atom stereocenters. The lowest BCUT2D eigenvalue weighted by molar-refractivity contribution is -0.137. The number of carbonyl (C=O) groups excluding carboxylic acids is 1. The summed E-state index contributed by atoms with van der Waals surface area (Å²) in [5, 5.41) is 8.96. The van der Waals surface area contributed by atoms with Crippen LogP contribution >= 0.6 is 0 Å². The Hall–Kier alpha value is -2.50. The van der Waals surface area contributed by atoms with E-state index in [1.165, 1.54) is 6.21 Å². The van der Waals surface area contributed by atoms with Gasteiger partial charge in [-0.25, -0.2) is 4.79 Å². The second-order valence-corrected chi connectivity index (χ2v) is 3.60. The molecule has 0 amide bonds. The van der Waals surface area contributed by atoms with E-state index < -0.39 is 5.97 Å². The SMILES string of the molecule is CCOC(=O)C(C=Nc1ccc2c(c1)OCO2)=CO. The summed E-state index contributed by atoms with van der Waals surface area (Å²) >= 11 is 0. The molecule has 0 atom stereocenters. The molecule has 1 aromatic carbocycles. The van der Waals surface area contributed by atoms with E-state index in [1.54, 1.807) is 25.1 Å². The number of aliphatic imine (C=N–C) groups is 1. The molecule has 0 aromatic heterocycles. The van der Waals surface area contributed by atoms with E-state index in [1.807, 2.05) is 0 Å². The average molecular weight is 263 g/mol. The number of benzene rings is 1. The lowest BCUT2D eigenvalue weighted by Gasteiger charge is -2.00. The molecule has 0 saturated carbocycles. The topological polar surface area (TPSA) is 77.4 Å². The molecule has 0 spiro atoms. The number of ether oxygens (including phenoxy) is 3. The maximum absolute atomic E-state index is 11.4. The summed E-state index contributed by atoms with van der Waals surface area (Å²) < 4.78 is 15.1. The van der Waals surface area contributed by atoms with E-state index in [0.717, 1.165) is 0 Å². The largest absolute Gasteiger partial charge is 0.515 e. The molecule has 1 N–H and O–H groups in total. The van der Waals surface area contributed by atoms with E-state index in [-0.39, 0.29) is 19.0 Å².